The summed E-state index contributed by atoms with van der Waals surface area (Å²) in [4.78, 5) is 18.4. The van der Waals surface area contributed by atoms with Gasteiger partial charge in [0.1, 0.15) is 5.84 Å². The van der Waals surface area contributed by atoms with Gasteiger partial charge < -0.3 is 10.2 Å². The van der Waals surface area contributed by atoms with E-state index in [1.165, 1.54) is 17.0 Å². The smallest absolute Gasteiger partial charge is 0.368 e. The SMILES string of the molecule is CN1CC(NCc2ccc(C(F)(F)F)cc2)=Nc2ccc(Cl)cc2C1=O. The topological polar surface area (TPSA) is 44.7 Å². The van der Waals surface area contributed by atoms with Crippen molar-refractivity contribution in [3.8, 4) is 0 Å². The molecule has 26 heavy (non-hydrogen) atoms. The van der Waals surface area contributed by atoms with Gasteiger partial charge in [0.2, 0.25) is 0 Å². The van der Waals surface area contributed by atoms with Crippen LogP contribution in [0.4, 0.5) is 18.9 Å². The average Bonchev–Trinajstić information content (AvgIpc) is 2.70. The minimum Gasteiger partial charge on any atom is -0.368 e. The van der Waals surface area contributed by atoms with E-state index in [1.807, 2.05) is 0 Å². The highest BCUT2D eigenvalue weighted by atomic mass is 35.5. The van der Waals surface area contributed by atoms with Crippen LogP contribution in [0.15, 0.2) is 47.5 Å². The van der Waals surface area contributed by atoms with E-state index in [-0.39, 0.29) is 12.5 Å². The maximum absolute atomic E-state index is 12.6. The number of halogens is 4. The largest absolute Gasteiger partial charge is 0.416 e. The van der Waals surface area contributed by atoms with E-state index in [9.17, 15) is 18.0 Å². The molecule has 2 aromatic rings. The Morgan fingerprint density at radius 1 is 1.19 bits per heavy atom. The van der Waals surface area contributed by atoms with Gasteiger partial charge in [0.15, 0.2) is 0 Å². The van der Waals surface area contributed by atoms with E-state index in [1.54, 1.807) is 25.2 Å². The molecule has 0 saturated heterocycles. The predicted molar refractivity (Wildman–Crippen MR) is 93.8 cm³/mol. The van der Waals surface area contributed by atoms with Crippen LogP contribution in [-0.2, 0) is 12.7 Å². The third kappa shape index (κ3) is 3.99. The molecular weight excluding hydrogens is 367 g/mol. The Morgan fingerprint density at radius 3 is 2.54 bits per heavy atom. The number of amides is 1. The van der Waals surface area contributed by atoms with Crippen LogP contribution >= 0.6 is 11.6 Å². The van der Waals surface area contributed by atoms with Crippen molar-refractivity contribution in [3.63, 3.8) is 0 Å². The van der Waals surface area contributed by atoms with Gasteiger partial charge in [-0.3, -0.25) is 4.79 Å². The summed E-state index contributed by atoms with van der Waals surface area (Å²) in [5.74, 6) is 0.347. The molecular formula is C18H15ClF3N3O. The number of benzene rings is 2. The van der Waals surface area contributed by atoms with Crippen LogP contribution in [0.3, 0.4) is 0 Å². The summed E-state index contributed by atoms with van der Waals surface area (Å²) in [7, 11) is 1.65. The summed E-state index contributed by atoms with van der Waals surface area (Å²) in [6.07, 6.45) is -4.36. The number of carbonyl (C=O) groups is 1. The first kappa shape index (κ1) is 18.3. The molecule has 2 aromatic carbocycles. The van der Waals surface area contributed by atoms with Gasteiger partial charge in [-0.1, -0.05) is 23.7 Å². The van der Waals surface area contributed by atoms with Gasteiger partial charge in [-0.15, -0.1) is 0 Å². The fourth-order valence-electron chi connectivity index (χ4n) is 2.57. The molecule has 3 rings (SSSR count). The molecule has 0 aromatic heterocycles. The van der Waals surface area contributed by atoms with Crippen molar-refractivity contribution in [1.82, 2.24) is 10.2 Å². The maximum Gasteiger partial charge on any atom is 0.416 e. The summed E-state index contributed by atoms with van der Waals surface area (Å²) >= 11 is 5.95. The third-order valence-corrected chi connectivity index (χ3v) is 4.19. The lowest BCUT2D eigenvalue weighted by molar-refractivity contribution is -0.137. The Balaban J connectivity index is 1.77. The molecule has 1 N–H and O–H groups in total. The van der Waals surface area contributed by atoms with Gasteiger partial charge >= 0.3 is 6.18 Å². The Labute approximate surface area is 153 Å². The number of fused-ring (bicyclic) bond motifs is 1. The van der Waals surface area contributed by atoms with Crippen molar-refractivity contribution in [2.24, 2.45) is 4.99 Å². The standard InChI is InChI=1S/C18H15ClF3N3O/c1-25-10-16(24-15-7-6-13(19)8-14(15)17(25)26)23-9-11-2-4-12(5-3-11)18(20,21)22/h2-8H,9-10H2,1H3,(H,23,24). The molecule has 1 aliphatic heterocycles. The van der Waals surface area contributed by atoms with E-state index in [4.69, 9.17) is 11.6 Å². The molecule has 136 valence electrons. The Morgan fingerprint density at radius 2 is 1.88 bits per heavy atom. The second-order valence-electron chi connectivity index (χ2n) is 5.93. The van der Waals surface area contributed by atoms with Crippen molar-refractivity contribution in [2.45, 2.75) is 12.7 Å². The second kappa shape index (κ2) is 6.99. The molecule has 0 fully saturated rings. The highest BCUT2D eigenvalue weighted by Crippen LogP contribution is 2.29. The summed E-state index contributed by atoms with van der Waals surface area (Å²) < 4.78 is 37.8. The zero-order valence-electron chi connectivity index (χ0n) is 13.8. The number of aliphatic imine (C=N–C) groups is 1. The fourth-order valence-corrected chi connectivity index (χ4v) is 2.74. The van der Waals surface area contributed by atoms with E-state index in [0.29, 0.717) is 34.2 Å². The first-order valence-electron chi connectivity index (χ1n) is 7.76. The van der Waals surface area contributed by atoms with Crippen LogP contribution < -0.4 is 5.32 Å². The van der Waals surface area contributed by atoms with Gasteiger partial charge in [-0.25, -0.2) is 4.99 Å². The molecule has 1 heterocycles. The fraction of sp³-hybridized carbons (Fsp3) is 0.222. The molecule has 1 aliphatic rings. The Hall–Kier alpha value is -2.54. The lowest BCUT2D eigenvalue weighted by atomic mass is 10.1. The number of nitrogens with one attached hydrogen (secondary N) is 1. The van der Waals surface area contributed by atoms with Crippen molar-refractivity contribution < 1.29 is 18.0 Å². The molecule has 0 aliphatic carbocycles. The number of alkyl halides is 3. The number of amidine groups is 1. The Bertz CT molecular complexity index is 863. The summed E-state index contributed by atoms with van der Waals surface area (Å²) in [5, 5.41) is 3.53. The lowest BCUT2D eigenvalue weighted by Gasteiger charge is -2.16. The molecule has 0 unspecified atom stereocenters. The van der Waals surface area contributed by atoms with E-state index >= 15 is 0 Å². The van der Waals surface area contributed by atoms with Crippen molar-refractivity contribution in [2.75, 3.05) is 13.6 Å². The van der Waals surface area contributed by atoms with Crippen molar-refractivity contribution >= 4 is 29.0 Å². The van der Waals surface area contributed by atoms with Gasteiger partial charge in [0.05, 0.1) is 23.4 Å². The number of rotatable bonds is 2. The first-order chi connectivity index (χ1) is 12.2. The number of hydrogen-bond acceptors (Lipinski definition) is 3. The van der Waals surface area contributed by atoms with Gasteiger partial charge in [-0.2, -0.15) is 13.2 Å². The molecule has 0 bridgehead atoms. The number of hydrogen-bond donors (Lipinski definition) is 1. The monoisotopic (exact) mass is 381 g/mol. The minimum atomic E-state index is -4.36. The predicted octanol–water partition coefficient (Wildman–Crippen LogP) is 4.26. The number of carbonyl (C=O) groups excluding carboxylic acids is 1. The third-order valence-electron chi connectivity index (χ3n) is 3.96. The van der Waals surface area contributed by atoms with Crippen molar-refractivity contribution in [3.05, 3.63) is 64.2 Å². The summed E-state index contributed by atoms with van der Waals surface area (Å²) in [5.41, 5.74) is 0.893. The van der Waals surface area contributed by atoms with Gasteiger partial charge in [0, 0.05) is 18.6 Å². The molecule has 0 atom stereocenters. The van der Waals surface area contributed by atoms with Gasteiger partial charge in [-0.05, 0) is 35.9 Å². The quantitative estimate of drug-likeness (QED) is 0.844. The minimum absolute atomic E-state index is 0.197. The van der Waals surface area contributed by atoms with E-state index < -0.39 is 11.7 Å². The van der Waals surface area contributed by atoms with Crippen LogP contribution in [0, 0.1) is 0 Å². The Kier molecular flexibility index (Phi) is 4.91. The molecule has 8 heteroatoms. The number of likely N-dealkylation sites (N-methyl/N-ethyl adjacent to an activating group) is 1. The van der Waals surface area contributed by atoms with E-state index in [2.05, 4.69) is 10.3 Å². The van der Waals surface area contributed by atoms with Crippen molar-refractivity contribution in [1.29, 1.82) is 0 Å². The average molecular weight is 382 g/mol. The maximum atomic E-state index is 12.6. The first-order valence-corrected chi connectivity index (χ1v) is 8.14. The molecule has 0 spiro atoms. The summed E-state index contributed by atoms with van der Waals surface area (Å²) in [6, 6.07) is 9.78. The van der Waals surface area contributed by atoms with Crippen LogP contribution in [0.5, 0.6) is 0 Å². The van der Waals surface area contributed by atoms with Crippen LogP contribution in [0.25, 0.3) is 0 Å². The normalized spacial score (nSPS) is 14.6. The zero-order valence-corrected chi connectivity index (χ0v) is 14.5. The summed E-state index contributed by atoms with van der Waals surface area (Å²) in [6.45, 7) is 0.549. The molecule has 0 saturated carbocycles. The number of nitrogens with zero attached hydrogens (tertiary/aromatic N) is 2. The molecule has 0 radical (unpaired) electrons. The molecule has 1 amide bonds. The van der Waals surface area contributed by atoms with E-state index in [0.717, 1.165) is 12.1 Å². The second-order valence-corrected chi connectivity index (χ2v) is 6.37. The lowest BCUT2D eigenvalue weighted by Crippen LogP contribution is -2.36. The van der Waals surface area contributed by atoms with Crippen LogP contribution in [0.1, 0.15) is 21.5 Å². The van der Waals surface area contributed by atoms with Crippen LogP contribution in [-0.4, -0.2) is 30.2 Å². The zero-order chi connectivity index (χ0) is 18.9. The van der Waals surface area contributed by atoms with Gasteiger partial charge in [0.25, 0.3) is 5.91 Å². The van der Waals surface area contributed by atoms with Crippen LogP contribution in [0.2, 0.25) is 5.02 Å². The highest BCUT2D eigenvalue weighted by molar-refractivity contribution is 6.31. The molecule has 4 nitrogen and oxygen atoms in total. The highest BCUT2D eigenvalue weighted by Gasteiger charge is 2.30.